The maximum absolute atomic E-state index is 12.9. The van der Waals surface area contributed by atoms with Crippen molar-refractivity contribution >= 4 is 21.7 Å². The van der Waals surface area contributed by atoms with Gasteiger partial charge in [0.15, 0.2) is 5.78 Å². The largest absolute Gasteiger partial charge is 0.294 e. The number of hydrogen-bond acceptors (Lipinski definition) is 1. The first-order valence-corrected chi connectivity index (χ1v) is 5.56. The fourth-order valence-electron chi connectivity index (χ4n) is 1.17. The Bertz CT molecular complexity index is 385. The van der Waals surface area contributed by atoms with Crippen LogP contribution in [0.5, 0.6) is 0 Å². The highest BCUT2D eigenvalue weighted by atomic mass is 79.9. The lowest BCUT2D eigenvalue weighted by Crippen LogP contribution is -1.99. The van der Waals surface area contributed by atoms with Crippen molar-refractivity contribution in [2.24, 2.45) is 0 Å². The smallest absolute Gasteiger partial charge is 0.159 e. The SMILES string of the molecule is CC/C=C/C(=O)Cc1cc(F)ccc1Br. The van der Waals surface area contributed by atoms with Crippen molar-refractivity contribution in [3.05, 3.63) is 46.2 Å². The predicted molar refractivity (Wildman–Crippen MR) is 62.2 cm³/mol. The number of halogens is 2. The van der Waals surface area contributed by atoms with E-state index in [-0.39, 0.29) is 18.0 Å². The number of carbonyl (C=O) groups is 1. The van der Waals surface area contributed by atoms with Gasteiger partial charge in [-0.3, -0.25) is 4.79 Å². The van der Waals surface area contributed by atoms with Crippen LogP contribution in [0.25, 0.3) is 0 Å². The molecule has 0 unspecified atom stereocenters. The quantitative estimate of drug-likeness (QED) is 0.764. The molecule has 1 aromatic carbocycles. The summed E-state index contributed by atoms with van der Waals surface area (Å²) in [6, 6.07) is 4.35. The Morgan fingerprint density at radius 2 is 2.27 bits per heavy atom. The number of ketones is 1. The van der Waals surface area contributed by atoms with Gasteiger partial charge in [0.1, 0.15) is 5.82 Å². The summed E-state index contributed by atoms with van der Waals surface area (Å²) in [5, 5.41) is 0. The number of hydrogen-bond donors (Lipinski definition) is 0. The molecule has 0 amide bonds. The van der Waals surface area contributed by atoms with Crippen molar-refractivity contribution in [2.75, 3.05) is 0 Å². The molecule has 0 heterocycles. The molecular weight excluding hydrogens is 259 g/mol. The lowest BCUT2D eigenvalue weighted by Gasteiger charge is -2.01. The Morgan fingerprint density at radius 3 is 2.93 bits per heavy atom. The van der Waals surface area contributed by atoms with Crippen molar-refractivity contribution in [1.29, 1.82) is 0 Å². The summed E-state index contributed by atoms with van der Waals surface area (Å²) in [6.07, 6.45) is 4.40. The van der Waals surface area contributed by atoms with Crippen LogP contribution in [0.1, 0.15) is 18.9 Å². The number of allylic oxidation sites excluding steroid dienone is 2. The van der Waals surface area contributed by atoms with E-state index in [0.29, 0.717) is 5.56 Å². The second-order valence-corrected chi connectivity index (χ2v) is 4.04. The van der Waals surface area contributed by atoms with Gasteiger partial charge in [0.25, 0.3) is 0 Å². The van der Waals surface area contributed by atoms with Gasteiger partial charge in [0, 0.05) is 10.9 Å². The molecule has 0 aliphatic rings. The molecule has 0 fully saturated rings. The molecule has 15 heavy (non-hydrogen) atoms. The molecule has 0 saturated heterocycles. The maximum atomic E-state index is 12.9. The molecule has 1 nitrogen and oxygen atoms in total. The Labute approximate surface area is 97.1 Å². The lowest BCUT2D eigenvalue weighted by atomic mass is 10.1. The summed E-state index contributed by atoms with van der Waals surface area (Å²) in [6.45, 7) is 1.96. The molecule has 0 aromatic heterocycles. The summed E-state index contributed by atoms with van der Waals surface area (Å²) >= 11 is 3.28. The zero-order chi connectivity index (χ0) is 11.3. The van der Waals surface area contributed by atoms with E-state index < -0.39 is 0 Å². The molecule has 1 aromatic rings. The first kappa shape index (κ1) is 12.1. The molecular formula is C12H12BrFO. The minimum atomic E-state index is -0.319. The van der Waals surface area contributed by atoms with Gasteiger partial charge in [-0.05, 0) is 36.3 Å². The van der Waals surface area contributed by atoms with Crippen molar-refractivity contribution in [3.63, 3.8) is 0 Å². The summed E-state index contributed by atoms with van der Waals surface area (Å²) in [4.78, 5) is 11.4. The van der Waals surface area contributed by atoms with Crippen LogP contribution in [-0.2, 0) is 11.2 Å². The summed E-state index contributed by atoms with van der Waals surface area (Å²) in [7, 11) is 0. The number of benzene rings is 1. The minimum absolute atomic E-state index is 0.0110. The van der Waals surface area contributed by atoms with Gasteiger partial charge < -0.3 is 0 Å². The van der Waals surface area contributed by atoms with Gasteiger partial charge in [0.2, 0.25) is 0 Å². The number of carbonyl (C=O) groups excluding carboxylic acids is 1. The van der Waals surface area contributed by atoms with Crippen LogP contribution in [0.15, 0.2) is 34.8 Å². The topological polar surface area (TPSA) is 17.1 Å². The minimum Gasteiger partial charge on any atom is -0.294 e. The zero-order valence-corrected chi connectivity index (χ0v) is 10.1. The average molecular weight is 271 g/mol. The van der Waals surface area contributed by atoms with Crippen LogP contribution >= 0.6 is 15.9 Å². The fourth-order valence-corrected chi connectivity index (χ4v) is 1.56. The van der Waals surface area contributed by atoms with Gasteiger partial charge in [-0.2, -0.15) is 0 Å². The van der Waals surface area contributed by atoms with E-state index in [1.807, 2.05) is 6.92 Å². The molecule has 0 aliphatic carbocycles. The molecule has 3 heteroatoms. The lowest BCUT2D eigenvalue weighted by molar-refractivity contribution is -0.114. The first-order chi connectivity index (χ1) is 7.13. The van der Waals surface area contributed by atoms with Crippen LogP contribution in [-0.4, -0.2) is 5.78 Å². The van der Waals surface area contributed by atoms with Crippen LogP contribution in [0.4, 0.5) is 4.39 Å². The Hall–Kier alpha value is -0.960. The number of rotatable bonds is 4. The third-order valence-corrected chi connectivity index (χ3v) is 2.69. The van der Waals surface area contributed by atoms with E-state index in [4.69, 9.17) is 0 Å². The maximum Gasteiger partial charge on any atom is 0.159 e. The first-order valence-electron chi connectivity index (χ1n) is 4.76. The fraction of sp³-hybridized carbons (Fsp3) is 0.250. The van der Waals surface area contributed by atoms with Crippen LogP contribution < -0.4 is 0 Å². The highest BCUT2D eigenvalue weighted by molar-refractivity contribution is 9.10. The zero-order valence-electron chi connectivity index (χ0n) is 8.47. The summed E-state index contributed by atoms with van der Waals surface area (Å²) in [5.41, 5.74) is 0.681. The molecule has 0 radical (unpaired) electrons. The third-order valence-electron chi connectivity index (χ3n) is 1.91. The van der Waals surface area contributed by atoms with Gasteiger partial charge >= 0.3 is 0 Å². The van der Waals surface area contributed by atoms with E-state index >= 15 is 0 Å². The van der Waals surface area contributed by atoms with Crippen molar-refractivity contribution < 1.29 is 9.18 Å². The molecule has 1 rings (SSSR count). The van der Waals surface area contributed by atoms with E-state index in [1.165, 1.54) is 18.2 Å². The van der Waals surface area contributed by atoms with E-state index in [9.17, 15) is 9.18 Å². The average Bonchev–Trinajstić information content (AvgIpc) is 2.20. The van der Waals surface area contributed by atoms with Crippen molar-refractivity contribution in [1.82, 2.24) is 0 Å². The van der Waals surface area contributed by atoms with Crippen molar-refractivity contribution in [3.8, 4) is 0 Å². The van der Waals surface area contributed by atoms with Gasteiger partial charge in [-0.25, -0.2) is 4.39 Å². The monoisotopic (exact) mass is 270 g/mol. The standard InChI is InChI=1S/C12H12BrFO/c1-2-3-4-11(15)8-9-7-10(14)5-6-12(9)13/h3-7H,2,8H2,1H3/b4-3+. The van der Waals surface area contributed by atoms with E-state index in [2.05, 4.69) is 15.9 Å². The Kier molecular flexibility index (Phi) is 4.69. The van der Waals surface area contributed by atoms with Gasteiger partial charge in [0.05, 0.1) is 0 Å². The van der Waals surface area contributed by atoms with E-state index in [0.717, 1.165) is 10.9 Å². The highest BCUT2D eigenvalue weighted by Gasteiger charge is 2.05. The predicted octanol–water partition coefficient (Wildman–Crippen LogP) is 3.67. The van der Waals surface area contributed by atoms with Gasteiger partial charge in [-0.1, -0.05) is 28.9 Å². The van der Waals surface area contributed by atoms with E-state index in [1.54, 1.807) is 12.1 Å². The molecule has 0 atom stereocenters. The third kappa shape index (κ3) is 3.96. The molecule has 80 valence electrons. The summed E-state index contributed by atoms with van der Waals surface area (Å²) < 4.78 is 13.7. The van der Waals surface area contributed by atoms with Crippen LogP contribution in [0, 0.1) is 5.82 Å². The molecule has 0 bridgehead atoms. The second-order valence-electron chi connectivity index (χ2n) is 3.19. The van der Waals surface area contributed by atoms with Crippen LogP contribution in [0.3, 0.4) is 0 Å². The highest BCUT2D eigenvalue weighted by Crippen LogP contribution is 2.18. The Balaban J connectivity index is 2.76. The normalized spacial score (nSPS) is 10.9. The Morgan fingerprint density at radius 1 is 1.53 bits per heavy atom. The molecule has 0 N–H and O–H groups in total. The molecule has 0 spiro atoms. The van der Waals surface area contributed by atoms with Gasteiger partial charge in [-0.15, -0.1) is 0 Å². The summed E-state index contributed by atoms with van der Waals surface area (Å²) in [5.74, 6) is -0.330. The van der Waals surface area contributed by atoms with Crippen LogP contribution in [0.2, 0.25) is 0 Å². The molecule has 0 aliphatic heterocycles. The second kappa shape index (κ2) is 5.81. The van der Waals surface area contributed by atoms with Crippen molar-refractivity contribution in [2.45, 2.75) is 19.8 Å². The molecule has 0 saturated carbocycles.